The van der Waals surface area contributed by atoms with Crippen LogP contribution >= 0.6 is 0 Å². The molecule has 21 heavy (non-hydrogen) atoms. The van der Waals surface area contributed by atoms with E-state index in [1.807, 2.05) is 0 Å². The summed E-state index contributed by atoms with van der Waals surface area (Å²) in [6, 6.07) is 0.589. The second kappa shape index (κ2) is 5.70. The van der Waals surface area contributed by atoms with Crippen molar-refractivity contribution in [2.75, 3.05) is 0 Å². The van der Waals surface area contributed by atoms with Crippen LogP contribution in [-0.4, -0.2) is 34.0 Å². The van der Waals surface area contributed by atoms with E-state index < -0.39 is 22.0 Å². The lowest BCUT2D eigenvalue weighted by molar-refractivity contribution is 0.0685. The number of sulfonamides is 1. The van der Waals surface area contributed by atoms with Gasteiger partial charge in [-0.15, -0.1) is 0 Å². The number of nitrogens with one attached hydrogen (secondary N) is 2. The van der Waals surface area contributed by atoms with Crippen molar-refractivity contribution in [1.29, 1.82) is 0 Å². The van der Waals surface area contributed by atoms with Crippen LogP contribution in [0.25, 0.3) is 0 Å². The molecule has 3 N–H and O–H groups in total. The van der Waals surface area contributed by atoms with Gasteiger partial charge in [-0.25, -0.2) is 22.9 Å². The summed E-state index contributed by atoms with van der Waals surface area (Å²) in [6.07, 6.45) is 4.42. The van der Waals surface area contributed by atoms with E-state index in [-0.39, 0.29) is 10.6 Å². The fourth-order valence-corrected chi connectivity index (χ4v) is 3.19. The van der Waals surface area contributed by atoms with Gasteiger partial charge in [-0.05, 0) is 19.9 Å². The number of hydrogen-bond donors (Lipinski definition) is 3. The molecule has 1 unspecified atom stereocenters. The molecule has 0 radical (unpaired) electrons. The number of imidazole rings is 1. The lowest BCUT2D eigenvalue weighted by Gasteiger charge is -2.10. The molecule has 0 saturated heterocycles. The molecule has 2 aromatic rings. The molecule has 0 fully saturated rings. The number of aromatic carboxylic acids is 1. The highest BCUT2D eigenvalue weighted by molar-refractivity contribution is 7.89. The van der Waals surface area contributed by atoms with Crippen molar-refractivity contribution in [1.82, 2.24) is 19.3 Å². The van der Waals surface area contributed by atoms with E-state index in [4.69, 9.17) is 5.11 Å². The number of carboxylic acid groups (broad SMARTS) is 1. The summed E-state index contributed by atoms with van der Waals surface area (Å²) < 4.78 is 28.4. The van der Waals surface area contributed by atoms with Crippen LogP contribution in [0.1, 0.15) is 36.2 Å². The van der Waals surface area contributed by atoms with Gasteiger partial charge in [0.1, 0.15) is 16.4 Å². The number of rotatable bonds is 6. The van der Waals surface area contributed by atoms with Crippen LogP contribution in [0.15, 0.2) is 29.6 Å². The minimum atomic E-state index is -3.83. The highest BCUT2D eigenvalue weighted by Gasteiger charge is 2.23. The molecule has 9 heteroatoms. The van der Waals surface area contributed by atoms with Crippen LogP contribution in [-0.2, 0) is 16.6 Å². The van der Waals surface area contributed by atoms with Crippen LogP contribution in [0, 0.1) is 0 Å². The zero-order valence-corrected chi connectivity index (χ0v) is 12.4. The number of aromatic amines is 1. The van der Waals surface area contributed by atoms with Gasteiger partial charge in [0.2, 0.25) is 10.0 Å². The topological polar surface area (TPSA) is 117 Å². The number of H-pyrrole nitrogens is 1. The quantitative estimate of drug-likeness (QED) is 0.734. The Hall–Kier alpha value is -2.13. The first-order valence-corrected chi connectivity index (χ1v) is 7.78. The Bertz CT molecular complexity index is 733. The van der Waals surface area contributed by atoms with Gasteiger partial charge in [0, 0.05) is 25.1 Å². The number of carboxylic acids is 1. The molecule has 0 aromatic carbocycles. The van der Waals surface area contributed by atoms with Crippen LogP contribution in [0.4, 0.5) is 0 Å². The van der Waals surface area contributed by atoms with Crippen molar-refractivity contribution >= 4 is 16.0 Å². The number of carbonyl (C=O) groups is 1. The van der Waals surface area contributed by atoms with E-state index in [0.717, 1.165) is 6.07 Å². The molecule has 8 nitrogen and oxygen atoms in total. The van der Waals surface area contributed by atoms with Gasteiger partial charge in [-0.1, -0.05) is 0 Å². The Morgan fingerprint density at radius 2 is 2.29 bits per heavy atom. The summed E-state index contributed by atoms with van der Waals surface area (Å²) in [5.41, 5.74) is -0.0662. The number of aryl methyl sites for hydroxylation is 1. The molecule has 0 aliphatic rings. The van der Waals surface area contributed by atoms with Crippen molar-refractivity contribution in [2.24, 2.45) is 0 Å². The Balaban J connectivity index is 2.29. The fourth-order valence-electron chi connectivity index (χ4n) is 1.94. The molecule has 1 atom stereocenters. The highest BCUT2D eigenvalue weighted by Crippen LogP contribution is 2.17. The smallest absolute Gasteiger partial charge is 0.352 e. The van der Waals surface area contributed by atoms with Gasteiger partial charge in [0.15, 0.2) is 0 Å². The van der Waals surface area contributed by atoms with E-state index in [1.165, 1.54) is 17.0 Å². The van der Waals surface area contributed by atoms with Gasteiger partial charge in [0.05, 0.1) is 6.04 Å². The predicted molar refractivity (Wildman–Crippen MR) is 74.4 cm³/mol. The maximum atomic E-state index is 12.3. The number of nitrogens with zero attached hydrogens (tertiary/aromatic N) is 2. The summed E-state index contributed by atoms with van der Waals surface area (Å²) in [6.45, 7) is 3.75. The van der Waals surface area contributed by atoms with Crippen LogP contribution in [0.5, 0.6) is 0 Å². The van der Waals surface area contributed by atoms with Crippen molar-refractivity contribution in [3.63, 3.8) is 0 Å². The van der Waals surface area contributed by atoms with E-state index in [0.29, 0.717) is 12.4 Å². The average molecular weight is 312 g/mol. The molecule has 0 spiro atoms. The summed E-state index contributed by atoms with van der Waals surface area (Å²) in [5, 5.41) is 9.06. The summed E-state index contributed by atoms with van der Waals surface area (Å²) in [5.74, 6) is -0.690. The monoisotopic (exact) mass is 312 g/mol. The highest BCUT2D eigenvalue weighted by atomic mass is 32.2. The minimum Gasteiger partial charge on any atom is -0.477 e. The van der Waals surface area contributed by atoms with E-state index in [1.54, 1.807) is 20.0 Å². The maximum Gasteiger partial charge on any atom is 0.352 e. The Morgan fingerprint density at radius 1 is 1.57 bits per heavy atom. The zero-order valence-electron chi connectivity index (χ0n) is 11.6. The lowest BCUT2D eigenvalue weighted by atomic mass is 10.3. The van der Waals surface area contributed by atoms with Gasteiger partial charge >= 0.3 is 5.97 Å². The molecule has 114 valence electrons. The van der Waals surface area contributed by atoms with Gasteiger partial charge in [-0.2, -0.15) is 0 Å². The molecule has 2 heterocycles. The molecule has 0 aliphatic heterocycles. The minimum absolute atomic E-state index is 0.0662. The van der Waals surface area contributed by atoms with E-state index in [9.17, 15) is 13.2 Å². The molecule has 0 saturated carbocycles. The second-order valence-electron chi connectivity index (χ2n) is 4.47. The third-order valence-corrected chi connectivity index (χ3v) is 4.51. The predicted octanol–water partition coefficient (Wildman–Crippen LogP) is 0.969. The van der Waals surface area contributed by atoms with Crippen molar-refractivity contribution in [3.05, 3.63) is 36.2 Å². The molecule has 0 amide bonds. The number of hydrogen-bond acceptors (Lipinski definition) is 4. The molecule has 0 bridgehead atoms. The van der Waals surface area contributed by atoms with Gasteiger partial charge in [-0.3, -0.25) is 0 Å². The van der Waals surface area contributed by atoms with Crippen molar-refractivity contribution in [3.8, 4) is 0 Å². The third-order valence-electron chi connectivity index (χ3n) is 3.00. The van der Waals surface area contributed by atoms with Crippen molar-refractivity contribution < 1.29 is 18.3 Å². The van der Waals surface area contributed by atoms with E-state index >= 15 is 0 Å². The van der Waals surface area contributed by atoms with Gasteiger partial charge in [0.25, 0.3) is 0 Å². The first-order valence-electron chi connectivity index (χ1n) is 6.30. The normalized spacial score (nSPS) is 13.2. The summed E-state index contributed by atoms with van der Waals surface area (Å²) in [7, 11) is -3.83. The summed E-state index contributed by atoms with van der Waals surface area (Å²) in [4.78, 5) is 17.8. The Kier molecular flexibility index (Phi) is 4.14. The van der Waals surface area contributed by atoms with E-state index in [2.05, 4.69) is 14.7 Å². The standard InChI is InChI=1S/C12H16N4O4S/c1-3-16-7-9(6-10(16)12(17)18)21(19,20)15-8(2)11-13-4-5-14-11/h4-8,15H,3H2,1-2H3,(H,13,14)(H,17,18). The first kappa shape index (κ1) is 15.3. The lowest BCUT2D eigenvalue weighted by Crippen LogP contribution is -2.27. The third kappa shape index (κ3) is 3.14. The molecular weight excluding hydrogens is 296 g/mol. The molecule has 0 aliphatic carbocycles. The maximum absolute atomic E-state index is 12.3. The fraction of sp³-hybridized carbons (Fsp3) is 0.333. The first-order chi connectivity index (χ1) is 9.85. The number of aromatic nitrogens is 3. The molecule has 2 rings (SSSR count). The second-order valence-corrected chi connectivity index (χ2v) is 6.18. The molecule has 2 aromatic heterocycles. The largest absolute Gasteiger partial charge is 0.477 e. The Morgan fingerprint density at radius 3 is 2.76 bits per heavy atom. The summed E-state index contributed by atoms with van der Waals surface area (Å²) >= 11 is 0. The Labute approximate surface area is 121 Å². The average Bonchev–Trinajstić information content (AvgIpc) is 3.07. The van der Waals surface area contributed by atoms with Crippen LogP contribution < -0.4 is 4.72 Å². The van der Waals surface area contributed by atoms with Crippen molar-refractivity contribution in [2.45, 2.75) is 31.3 Å². The van der Waals surface area contributed by atoms with Gasteiger partial charge < -0.3 is 14.7 Å². The zero-order chi connectivity index (χ0) is 15.6. The molecular formula is C12H16N4O4S. The SMILES string of the molecule is CCn1cc(S(=O)(=O)NC(C)c2ncc[nH]2)cc1C(=O)O. The van der Waals surface area contributed by atoms with Crippen LogP contribution in [0.3, 0.4) is 0 Å². The van der Waals surface area contributed by atoms with Crippen LogP contribution in [0.2, 0.25) is 0 Å².